The summed E-state index contributed by atoms with van der Waals surface area (Å²) >= 11 is 0. The van der Waals surface area contributed by atoms with Gasteiger partial charge in [0.2, 0.25) is 0 Å². The molecule has 1 heterocycles. The largest absolute Gasteiger partial charge is 0.488 e. The Hall–Kier alpha value is -2.59. The lowest BCUT2D eigenvalue weighted by Crippen LogP contribution is -2.37. The van der Waals surface area contributed by atoms with Gasteiger partial charge in [0.15, 0.2) is 0 Å². The van der Waals surface area contributed by atoms with Gasteiger partial charge < -0.3 is 15.0 Å². The van der Waals surface area contributed by atoms with Crippen LogP contribution in [0.15, 0.2) is 60.2 Å². The molecule has 0 aromatic heterocycles. The van der Waals surface area contributed by atoms with Gasteiger partial charge in [0.25, 0.3) is 5.91 Å². The van der Waals surface area contributed by atoms with Crippen LogP contribution in [-0.4, -0.2) is 38.1 Å². The van der Waals surface area contributed by atoms with Crippen molar-refractivity contribution in [3.05, 3.63) is 71.3 Å². The van der Waals surface area contributed by atoms with Crippen LogP contribution in [0.4, 0.5) is 0 Å². The number of ether oxygens (including phenoxy) is 1. The molecule has 4 heteroatoms. The third-order valence-electron chi connectivity index (χ3n) is 3.98. The molecule has 1 N–H and O–H groups in total. The number of carbonyl (C=O) groups excluding carboxylic acids is 1. The molecule has 2 aromatic carbocycles. The minimum absolute atomic E-state index is 0.0632. The molecule has 1 aliphatic heterocycles. The predicted octanol–water partition coefficient (Wildman–Crippen LogP) is 2.88. The van der Waals surface area contributed by atoms with Crippen molar-refractivity contribution in [1.82, 2.24) is 10.2 Å². The number of nitrogens with one attached hydrogen (secondary N) is 1. The zero-order chi connectivity index (χ0) is 16.9. The van der Waals surface area contributed by atoms with E-state index >= 15 is 0 Å². The molecule has 1 atom stereocenters. The molecule has 3 rings (SSSR count). The Bertz CT molecular complexity index is 738. The van der Waals surface area contributed by atoms with E-state index < -0.39 is 0 Å². The predicted molar refractivity (Wildman–Crippen MR) is 95.8 cm³/mol. The summed E-state index contributed by atoms with van der Waals surface area (Å²) in [5, 5.41) is 3.14. The van der Waals surface area contributed by atoms with Crippen LogP contribution in [0.25, 0.3) is 6.08 Å². The second-order valence-corrected chi connectivity index (χ2v) is 6.20. The molecule has 0 spiro atoms. The van der Waals surface area contributed by atoms with Crippen LogP contribution >= 0.6 is 0 Å². The van der Waals surface area contributed by atoms with E-state index in [4.69, 9.17) is 4.74 Å². The summed E-state index contributed by atoms with van der Waals surface area (Å²) in [6.45, 7) is 1.03. The molecule has 1 aliphatic rings. The lowest BCUT2D eigenvalue weighted by molar-refractivity contribution is -0.118. The van der Waals surface area contributed by atoms with Crippen LogP contribution in [0.2, 0.25) is 0 Å². The van der Waals surface area contributed by atoms with Gasteiger partial charge in [-0.2, -0.15) is 0 Å². The van der Waals surface area contributed by atoms with Crippen molar-refractivity contribution in [2.45, 2.75) is 6.04 Å². The van der Waals surface area contributed by atoms with Gasteiger partial charge in [-0.15, -0.1) is 0 Å². The number of benzene rings is 2. The normalized spacial score (nSPS) is 14.4. The first-order valence-corrected chi connectivity index (χ1v) is 8.06. The molecule has 2 aromatic rings. The molecular weight excluding hydrogens is 300 g/mol. The molecule has 0 radical (unpaired) electrons. The van der Waals surface area contributed by atoms with E-state index in [2.05, 4.69) is 10.2 Å². The van der Waals surface area contributed by atoms with Crippen molar-refractivity contribution in [3.8, 4) is 5.75 Å². The van der Waals surface area contributed by atoms with Crippen LogP contribution in [0, 0.1) is 0 Å². The molecule has 0 saturated carbocycles. The number of hydrogen-bond donors (Lipinski definition) is 1. The Morgan fingerprint density at radius 1 is 1.12 bits per heavy atom. The van der Waals surface area contributed by atoms with Gasteiger partial charge in [0, 0.05) is 12.1 Å². The highest BCUT2D eigenvalue weighted by molar-refractivity contribution is 5.99. The average Bonchev–Trinajstić information content (AvgIpc) is 2.61. The molecule has 0 saturated heterocycles. The van der Waals surface area contributed by atoms with E-state index in [9.17, 15) is 4.79 Å². The zero-order valence-corrected chi connectivity index (χ0v) is 14.0. The van der Waals surface area contributed by atoms with Gasteiger partial charge in [0.1, 0.15) is 12.4 Å². The van der Waals surface area contributed by atoms with Crippen molar-refractivity contribution >= 4 is 12.0 Å². The highest BCUT2D eigenvalue weighted by atomic mass is 16.5. The molecule has 1 amide bonds. The minimum Gasteiger partial charge on any atom is -0.488 e. The van der Waals surface area contributed by atoms with Gasteiger partial charge >= 0.3 is 0 Å². The molecule has 4 nitrogen and oxygen atoms in total. The maximum absolute atomic E-state index is 12.7. The summed E-state index contributed by atoms with van der Waals surface area (Å²) in [4.78, 5) is 14.8. The molecule has 0 unspecified atom stereocenters. The van der Waals surface area contributed by atoms with E-state index in [1.165, 1.54) is 0 Å². The van der Waals surface area contributed by atoms with Gasteiger partial charge in [-0.1, -0.05) is 48.5 Å². The number of carbonyl (C=O) groups is 1. The van der Waals surface area contributed by atoms with Crippen LogP contribution in [0.5, 0.6) is 5.75 Å². The van der Waals surface area contributed by atoms with Gasteiger partial charge in [0.05, 0.1) is 11.6 Å². The lowest BCUT2D eigenvalue weighted by atomic mass is 10.0. The van der Waals surface area contributed by atoms with Gasteiger partial charge in [-0.05, 0) is 31.8 Å². The summed E-state index contributed by atoms with van der Waals surface area (Å²) in [6.07, 6.45) is 1.91. The number of nitrogens with zero attached hydrogens (tertiary/aromatic N) is 1. The fourth-order valence-corrected chi connectivity index (χ4v) is 2.78. The summed E-state index contributed by atoms with van der Waals surface area (Å²) in [5.41, 5.74) is 2.68. The Morgan fingerprint density at radius 2 is 1.83 bits per heavy atom. The Balaban J connectivity index is 1.78. The third-order valence-corrected chi connectivity index (χ3v) is 3.98. The highest BCUT2D eigenvalue weighted by Crippen LogP contribution is 2.26. The number of rotatable bonds is 5. The first-order chi connectivity index (χ1) is 11.6. The second kappa shape index (κ2) is 7.32. The zero-order valence-electron chi connectivity index (χ0n) is 14.0. The maximum atomic E-state index is 12.7. The van der Waals surface area contributed by atoms with Crippen LogP contribution in [0.3, 0.4) is 0 Å². The smallest absolute Gasteiger partial charge is 0.251 e. The summed E-state index contributed by atoms with van der Waals surface area (Å²) < 4.78 is 5.69. The third kappa shape index (κ3) is 3.84. The molecular formula is C20H22N2O2. The Kier molecular flexibility index (Phi) is 4.96. The lowest BCUT2D eigenvalue weighted by Gasteiger charge is -2.24. The molecule has 0 fully saturated rings. The maximum Gasteiger partial charge on any atom is 0.251 e. The average molecular weight is 322 g/mol. The number of fused-ring (bicyclic) bond motifs is 1. The van der Waals surface area contributed by atoms with Crippen LogP contribution < -0.4 is 10.1 Å². The standard InChI is InChI=1S/C20H22N2O2/c1-22(2)13-18(15-8-4-3-5-9-15)21-20(23)17-12-16-10-6-7-11-19(16)24-14-17/h3-12,18H,13-14H2,1-2H3,(H,21,23)/t18-/m0/s1. The first kappa shape index (κ1) is 16.3. The quantitative estimate of drug-likeness (QED) is 0.920. The fourth-order valence-electron chi connectivity index (χ4n) is 2.78. The summed E-state index contributed by atoms with van der Waals surface area (Å²) in [7, 11) is 4.00. The Labute approximate surface area is 142 Å². The topological polar surface area (TPSA) is 41.6 Å². The number of likely N-dealkylation sites (N-methyl/N-ethyl adjacent to an activating group) is 1. The molecule has 24 heavy (non-hydrogen) atoms. The van der Waals surface area contributed by atoms with E-state index in [0.29, 0.717) is 12.2 Å². The Morgan fingerprint density at radius 3 is 2.58 bits per heavy atom. The molecule has 0 bridgehead atoms. The van der Waals surface area contributed by atoms with Gasteiger partial charge in [-0.3, -0.25) is 4.79 Å². The monoisotopic (exact) mass is 322 g/mol. The van der Waals surface area contributed by atoms with Crippen LogP contribution in [-0.2, 0) is 4.79 Å². The van der Waals surface area contributed by atoms with Crippen molar-refractivity contribution in [2.24, 2.45) is 0 Å². The SMILES string of the molecule is CN(C)C[C@H](NC(=O)C1=Cc2ccccc2OC1)c1ccccc1. The highest BCUT2D eigenvalue weighted by Gasteiger charge is 2.21. The van der Waals surface area contributed by atoms with Crippen molar-refractivity contribution in [1.29, 1.82) is 0 Å². The van der Waals surface area contributed by atoms with E-state index in [1.54, 1.807) is 0 Å². The summed E-state index contributed by atoms with van der Waals surface area (Å²) in [5.74, 6) is 0.738. The fraction of sp³-hybridized carbons (Fsp3) is 0.250. The van der Waals surface area contributed by atoms with Crippen molar-refractivity contribution in [3.63, 3.8) is 0 Å². The number of para-hydroxylation sites is 1. The van der Waals surface area contributed by atoms with Crippen LogP contribution in [0.1, 0.15) is 17.2 Å². The number of amides is 1. The second-order valence-electron chi connectivity index (χ2n) is 6.20. The van der Waals surface area contributed by atoms with E-state index in [0.717, 1.165) is 23.4 Å². The van der Waals surface area contributed by atoms with Crippen molar-refractivity contribution < 1.29 is 9.53 Å². The van der Waals surface area contributed by atoms with E-state index in [1.807, 2.05) is 74.8 Å². The minimum atomic E-state index is -0.0831. The number of hydrogen-bond acceptors (Lipinski definition) is 3. The van der Waals surface area contributed by atoms with E-state index in [-0.39, 0.29) is 11.9 Å². The van der Waals surface area contributed by atoms with Gasteiger partial charge in [-0.25, -0.2) is 0 Å². The molecule has 0 aliphatic carbocycles. The molecule has 124 valence electrons. The first-order valence-electron chi connectivity index (χ1n) is 8.06. The van der Waals surface area contributed by atoms with Crippen molar-refractivity contribution in [2.75, 3.05) is 27.2 Å². The summed E-state index contributed by atoms with van der Waals surface area (Å²) in [6, 6.07) is 17.7.